The van der Waals surface area contributed by atoms with Gasteiger partial charge in [-0.2, -0.15) is 0 Å². The summed E-state index contributed by atoms with van der Waals surface area (Å²) in [5.74, 6) is 0. The van der Waals surface area contributed by atoms with Crippen LogP contribution in [0.25, 0.3) is 0 Å². The Kier molecular flexibility index (Phi) is 4.05. The Hall–Kier alpha value is -0.600. The van der Waals surface area contributed by atoms with Crippen molar-refractivity contribution in [2.24, 2.45) is 0 Å². The number of benzene rings is 1. The number of ether oxygens (including phenoxy) is 1. The maximum atomic E-state index is 5.38. The summed E-state index contributed by atoms with van der Waals surface area (Å²) in [6.45, 7) is 4.21. The van der Waals surface area contributed by atoms with E-state index in [2.05, 4.69) is 22.5 Å². The predicted molar refractivity (Wildman–Crippen MR) is 54.1 cm³/mol. The largest absolute Gasteiger partial charge is 0.358 e. The van der Waals surface area contributed by atoms with Crippen molar-refractivity contribution in [3.63, 3.8) is 0 Å². The first-order valence-corrected chi connectivity index (χ1v) is 4.66. The molecule has 1 atom stereocenters. The van der Waals surface area contributed by atoms with E-state index in [-0.39, 0.29) is 5.01 Å². The number of hydrogen-bond acceptors (Lipinski definition) is 1. The molecule has 0 saturated carbocycles. The minimum atomic E-state index is -0.0577. The minimum absolute atomic E-state index is 0.0577. The van der Waals surface area contributed by atoms with Gasteiger partial charge in [-0.1, -0.05) is 58.9 Å². The molecule has 1 nitrogen and oxygen atoms in total. The van der Waals surface area contributed by atoms with Crippen LogP contribution in [0.4, 0.5) is 0 Å². The lowest BCUT2D eigenvalue weighted by Gasteiger charge is -2.05. The van der Waals surface area contributed by atoms with Crippen molar-refractivity contribution in [3.8, 4) is 0 Å². The second-order valence-corrected chi connectivity index (χ2v) is 3.29. The number of alkyl halides is 1. The van der Waals surface area contributed by atoms with Gasteiger partial charge in [-0.25, -0.2) is 0 Å². The first-order valence-electron chi connectivity index (χ1n) is 3.75. The average molecular weight is 227 g/mol. The van der Waals surface area contributed by atoms with E-state index in [1.54, 1.807) is 6.08 Å². The van der Waals surface area contributed by atoms with E-state index in [1.165, 1.54) is 5.56 Å². The van der Waals surface area contributed by atoms with Gasteiger partial charge in [0.05, 0.1) is 6.61 Å². The molecule has 0 spiro atoms. The molecule has 0 aliphatic heterocycles. The summed E-state index contributed by atoms with van der Waals surface area (Å²) in [6.07, 6.45) is 1.71. The van der Waals surface area contributed by atoms with Crippen LogP contribution in [0.3, 0.4) is 0 Å². The molecule has 1 aromatic rings. The van der Waals surface area contributed by atoms with E-state index in [9.17, 15) is 0 Å². The summed E-state index contributed by atoms with van der Waals surface area (Å²) in [4.78, 5) is 0. The van der Waals surface area contributed by atoms with Crippen LogP contribution in [0.15, 0.2) is 43.0 Å². The summed E-state index contributed by atoms with van der Waals surface area (Å²) < 4.78 is 5.38. The van der Waals surface area contributed by atoms with Gasteiger partial charge in [0.1, 0.15) is 5.01 Å². The Bertz CT molecular complexity index is 233. The lowest BCUT2D eigenvalue weighted by molar-refractivity contribution is 0.131. The Balaban J connectivity index is 2.38. The third kappa shape index (κ3) is 3.20. The van der Waals surface area contributed by atoms with Gasteiger partial charge in [-0.05, 0) is 5.56 Å². The third-order valence-corrected chi connectivity index (χ3v) is 2.08. The van der Waals surface area contributed by atoms with Gasteiger partial charge >= 0.3 is 0 Å². The van der Waals surface area contributed by atoms with Gasteiger partial charge in [0.2, 0.25) is 0 Å². The van der Waals surface area contributed by atoms with E-state index >= 15 is 0 Å². The third-order valence-electron chi connectivity index (χ3n) is 1.44. The van der Waals surface area contributed by atoms with Crippen molar-refractivity contribution in [3.05, 3.63) is 48.6 Å². The second-order valence-electron chi connectivity index (χ2n) is 2.38. The molecule has 0 bridgehead atoms. The predicted octanol–water partition coefficient (Wildman–Crippen LogP) is 3.11. The van der Waals surface area contributed by atoms with E-state index < -0.39 is 0 Å². The molecular weight excluding hydrogens is 216 g/mol. The van der Waals surface area contributed by atoms with Gasteiger partial charge in [0.25, 0.3) is 0 Å². The Morgan fingerprint density at radius 3 is 2.67 bits per heavy atom. The number of hydrogen-bond donors (Lipinski definition) is 0. The molecule has 0 heterocycles. The van der Waals surface area contributed by atoms with Crippen LogP contribution in [-0.4, -0.2) is 5.01 Å². The Morgan fingerprint density at radius 2 is 2.08 bits per heavy atom. The Labute approximate surface area is 81.2 Å². The van der Waals surface area contributed by atoms with Crippen LogP contribution in [-0.2, 0) is 11.3 Å². The van der Waals surface area contributed by atoms with Crippen LogP contribution in [0, 0.1) is 0 Å². The standard InChI is InChI=1S/C10H11BrO/c1-2-10(11)12-8-9-6-4-3-5-7-9/h2-7,10H,1,8H2. The lowest BCUT2D eigenvalue weighted by atomic mass is 10.2. The van der Waals surface area contributed by atoms with Crippen LogP contribution in [0.5, 0.6) is 0 Å². The van der Waals surface area contributed by atoms with Crippen LogP contribution in [0.2, 0.25) is 0 Å². The minimum Gasteiger partial charge on any atom is -0.358 e. The van der Waals surface area contributed by atoms with Gasteiger partial charge in [0.15, 0.2) is 0 Å². The zero-order valence-corrected chi connectivity index (χ0v) is 8.33. The second kappa shape index (κ2) is 5.12. The number of halogens is 1. The highest BCUT2D eigenvalue weighted by molar-refractivity contribution is 9.09. The molecule has 0 fully saturated rings. The zero-order chi connectivity index (χ0) is 8.81. The summed E-state index contributed by atoms with van der Waals surface area (Å²) >= 11 is 3.29. The van der Waals surface area contributed by atoms with Crippen molar-refractivity contribution >= 4 is 15.9 Å². The maximum Gasteiger partial charge on any atom is 0.130 e. The summed E-state index contributed by atoms with van der Waals surface area (Å²) in [5.41, 5.74) is 1.17. The van der Waals surface area contributed by atoms with Crippen molar-refractivity contribution in [1.29, 1.82) is 0 Å². The van der Waals surface area contributed by atoms with Crippen LogP contribution < -0.4 is 0 Å². The van der Waals surface area contributed by atoms with Crippen LogP contribution >= 0.6 is 15.9 Å². The van der Waals surface area contributed by atoms with E-state index in [1.807, 2.05) is 30.3 Å². The summed E-state index contributed by atoms with van der Waals surface area (Å²) in [6, 6.07) is 10.0. The summed E-state index contributed by atoms with van der Waals surface area (Å²) in [5, 5.41) is -0.0577. The fraction of sp³-hybridized carbons (Fsp3) is 0.200. The highest BCUT2D eigenvalue weighted by atomic mass is 79.9. The fourth-order valence-electron chi connectivity index (χ4n) is 0.818. The average Bonchev–Trinajstić information content (AvgIpc) is 2.16. The molecule has 12 heavy (non-hydrogen) atoms. The molecule has 0 amide bonds. The van der Waals surface area contributed by atoms with Gasteiger partial charge < -0.3 is 4.74 Å². The van der Waals surface area contributed by atoms with Gasteiger partial charge in [-0.15, -0.1) is 0 Å². The van der Waals surface area contributed by atoms with E-state index in [0.717, 1.165) is 0 Å². The quantitative estimate of drug-likeness (QED) is 0.567. The molecule has 1 rings (SSSR count). The number of rotatable bonds is 4. The molecule has 0 aliphatic rings. The van der Waals surface area contributed by atoms with E-state index in [0.29, 0.717) is 6.61 Å². The van der Waals surface area contributed by atoms with Crippen molar-refractivity contribution in [2.45, 2.75) is 11.6 Å². The molecule has 0 saturated heterocycles. The van der Waals surface area contributed by atoms with Crippen molar-refractivity contribution < 1.29 is 4.74 Å². The normalized spacial score (nSPS) is 12.4. The first kappa shape index (κ1) is 9.49. The van der Waals surface area contributed by atoms with Crippen molar-refractivity contribution in [2.75, 3.05) is 0 Å². The topological polar surface area (TPSA) is 9.23 Å². The SMILES string of the molecule is C=CC(Br)OCc1ccccc1. The molecule has 0 radical (unpaired) electrons. The van der Waals surface area contributed by atoms with E-state index in [4.69, 9.17) is 4.74 Å². The fourth-order valence-corrected chi connectivity index (χ4v) is 0.950. The monoisotopic (exact) mass is 226 g/mol. The first-order chi connectivity index (χ1) is 5.83. The molecule has 0 aliphatic carbocycles. The smallest absolute Gasteiger partial charge is 0.130 e. The molecule has 64 valence electrons. The van der Waals surface area contributed by atoms with Gasteiger partial charge in [-0.3, -0.25) is 0 Å². The lowest BCUT2D eigenvalue weighted by Crippen LogP contribution is -1.99. The molecule has 2 heteroatoms. The highest BCUT2D eigenvalue weighted by Gasteiger charge is 1.97. The molecular formula is C10H11BrO. The molecule has 1 unspecified atom stereocenters. The highest BCUT2D eigenvalue weighted by Crippen LogP contribution is 2.07. The summed E-state index contributed by atoms with van der Waals surface area (Å²) in [7, 11) is 0. The zero-order valence-electron chi connectivity index (χ0n) is 6.74. The van der Waals surface area contributed by atoms with Gasteiger partial charge in [0, 0.05) is 0 Å². The van der Waals surface area contributed by atoms with Crippen molar-refractivity contribution in [1.82, 2.24) is 0 Å². The Morgan fingerprint density at radius 1 is 1.42 bits per heavy atom. The van der Waals surface area contributed by atoms with Crippen LogP contribution in [0.1, 0.15) is 5.56 Å². The molecule has 0 N–H and O–H groups in total. The molecule has 0 aromatic heterocycles. The maximum absolute atomic E-state index is 5.38. The molecule has 1 aromatic carbocycles.